The van der Waals surface area contributed by atoms with Crippen LogP contribution in [0.1, 0.15) is 37.3 Å². The molecule has 1 aliphatic carbocycles. The fraction of sp³-hybridized carbons (Fsp3) is 0.538. The second-order valence-corrected chi connectivity index (χ2v) is 4.93. The summed E-state index contributed by atoms with van der Waals surface area (Å²) in [7, 11) is 0. The molecule has 1 atom stereocenters. The van der Waals surface area contributed by atoms with Crippen molar-refractivity contribution in [2.24, 2.45) is 0 Å². The van der Waals surface area contributed by atoms with Crippen LogP contribution in [0.15, 0.2) is 18.2 Å². The Morgan fingerprint density at radius 2 is 2.12 bits per heavy atom. The summed E-state index contributed by atoms with van der Waals surface area (Å²) in [5, 5.41) is 12.8. The Morgan fingerprint density at radius 3 is 2.76 bits per heavy atom. The quantitative estimate of drug-likeness (QED) is 0.869. The van der Waals surface area contributed by atoms with Crippen molar-refractivity contribution < 1.29 is 9.50 Å². The van der Waals surface area contributed by atoms with Crippen molar-refractivity contribution in [1.29, 1.82) is 0 Å². The zero-order valence-electron chi connectivity index (χ0n) is 9.63. The molecule has 0 bridgehead atoms. The number of aliphatic hydroxyl groups excluding tert-OH is 1. The van der Waals surface area contributed by atoms with E-state index in [0.717, 1.165) is 12.8 Å². The SMILES string of the molecule is OCC(NC1CCCC1)c1cccc(Cl)c1F. The van der Waals surface area contributed by atoms with Crippen LogP contribution in [0.5, 0.6) is 0 Å². The van der Waals surface area contributed by atoms with E-state index >= 15 is 0 Å². The number of hydrogen-bond acceptors (Lipinski definition) is 2. The zero-order chi connectivity index (χ0) is 12.3. The van der Waals surface area contributed by atoms with Crippen LogP contribution in [0.2, 0.25) is 5.02 Å². The Bertz CT molecular complexity index is 380. The van der Waals surface area contributed by atoms with Gasteiger partial charge in [-0.25, -0.2) is 4.39 Å². The van der Waals surface area contributed by atoms with Crippen LogP contribution < -0.4 is 5.32 Å². The molecule has 1 aromatic rings. The molecule has 0 aromatic heterocycles. The van der Waals surface area contributed by atoms with Crippen LogP contribution in [-0.2, 0) is 0 Å². The van der Waals surface area contributed by atoms with Gasteiger partial charge in [0, 0.05) is 11.6 Å². The van der Waals surface area contributed by atoms with E-state index in [9.17, 15) is 9.50 Å². The Labute approximate surface area is 106 Å². The number of nitrogens with one attached hydrogen (secondary N) is 1. The third kappa shape index (κ3) is 2.97. The summed E-state index contributed by atoms with van der Waals surface area (Å²) in [5.41, 5.74) is 0.451. The molecule has 1 fully saturated rings. The summed E-state index contributed by atoms with van der Waals surface area (Å²) in [6, 6.07) is 4.91. The molecule has 2 rings (SSSR count). The Balaban J connectivity index is 2.13. The molecule has 0 radical (unpaired) electrons. The van der Waals surface area contributed by atoms with Gasteiger partial charge >= 0.3 is 0 Å². The number of rotatable bonds is 4. The van der Waals surface area contributed by atoms with Gasteiger partial charge in [0.1, 0.15) is 5.82 Å². The second-order valence-electron chi connectivity index (χ2n) is 4.53. The van der Waals surface area contributed by atoms with Crippen LogP contribution in [0.3, 0.4) is 0 Å². The van der Waals surface area contributed by atoms with E-state index in [2.05, 4.69) is 5.32 Å². The molecule has 0 spiro atoms. The smallest absolute Gasteiger partial charge is 0.146 e. The fourth-order valence-electron chi connectivity index (χ4n) is 2.41. The topological polar surface area (TPSA) is 32.3 Å². The lowest BCUT2D eigenvalue weighted by Crippen LogP contribution is -2.33. The molecule has 1 unspecified atom stereocenters. The van der Waals surface area contributed by atoms with E-state index in [0.29, 0.717) is 11.6 Å². The highest BCUT2D eigenvalue weighted by Crippen LogP contribution is 2.26. The largest absolute Gasteiger partial charge is 0.394 e. The lowest BCUT2D eigenvalue weighted by Gasteiger charge is -2.22. The lowest BCUT2D eigenvalue weighted by molar-refractivity contribution is 0.230. The minimum atomic E-state index is -0.432. The average Bonchev–Trinajstić information content (AvgIpc) is 2.83. The molecule has 0 saturated heterocycles. The number of halogens is 2. The van der Waals surface area contributed by atoms with Gasteiger partial charge in [0.25, 0.3) is 0 Å². The fourth-order valence-corrected chi connectivity index (χ4v) is 2.59. The highest BCUT2D eigenvalue weighted by Gasteiger charge is 2.22. The van der Waals surface area contributed by atoms with Crippen LogP contribution in [0.4, 0.5) is 4.39 Å². The molecule has 1 aliphatic rings. The maximum atomic E-state index is 13.8. The minimum absolute atomic E-state index is 0.106. The first kappa shape index (κ1) is 12.8. The standard InChI is InChI=1S/C13H17ClFNO/c14-11-7-3-6-10(13(11)15)12(8-17)16-9-4-1-2-5-9/h3,6-7,9,12,16-17H,1-2,4-5,8H2. The maximum absolute atomic E-state index is 13.8. The molecule has 2 nitrogen and oxygen atoms in total. The molecule has 0 amide bonds. The van der Waals surface area contributed by atoms with E-state index < -0.39 is 5.82 Å². The number of benzene rings is 1. The molecule has 1 saturated carbocycles. The van der Waals surface area contributed by atoms with Gasteiger partial charge in [-0.2, -0.15) is 0 Å². The summed E-state index contributed by atoms with van der Waals surface area (Å²) < 4.78 is 13.8. The average molecular weight is 258 g/mol. The lowest BCUT2D eigenvalue weighted by atomic mass is 10.1. The van der Waals surface area contributed by atoms with Crippen LogP contribution >= 0.6 is 11.6 Å². The molecule has 0 aliphatic heterocycles. The molecule has 4 heteroatoms. The highest BCUT2D eigenvalue weighted by molar-refractivity contribution is 6.30. The van der Waals surface area contributed by atoms with Gasteiger partial charge in [0.2, 0.25) is 0 Å². The third-order valence-corrected chi connectivity index (χ3v) is 3.62. The molecule has 2 N–H and O–H groups in total. The van der Waals surface area contributed by atoms with Gasteiger partial charge in [-0.05, 0) is 18.9 Å². The first-order valence-corrected chi connectivity index (χ1v) is 6.41. The molecule has 0 heterocycles. The first-order chi connectivity index (χ1) is 8.22. The van der Waals surface area contributed by atoms with Crippen LogP contribution in [-0.4, -0.2) is 17.8 Å². The van der Waals surface area contributed by atoms with Gasteiger partial charge in [-0.1, -0.05) is 36.6 Å². The zero-order valence-corrected chi connectivity index (χ0v) is 10.4. The normalized spacial score (nSPS) is 18.5. The Kier molecular flexibility index (Phi) is 4.37. The van der Waals surface area contributed by atoms with Crippen molar-refractivity contribution >= 4 is 11.6 Å². The van der Waals surface area contributed by atoms with Crippen molar-refractivity contribution in [1.82, 2.24) is 5.32 Å². The Morgan fingerprint density at radius 1 is 1.41 bits per heavy atom. The van der Waals surface area contributed by atoms with Gasteiger partial charge in [0.05, 0.1) is 17.7 Å². The highest BCUT2D eigenvalue weighted by atomic mass is 35.5. The van der Waals surface area contributed by atoms with Crippen molar-refractivity contribution in [3.8, 4) is 0 Å². The van der Waals surface area contributed by atoms with Gasteiger partial charge in [0.15, 0.2) is 0 Å². The van der Waals surface area contributed by atoms with Crippen molar-refractivity contribution in [3.05, 3.63) is 34.6 Å². The van der Waals surface area contributed by atoms with Crippen molar-refractivity contribution in [3.63, 3.8) is 0 Å². The predicted molar refractivity (Wildman–Crippen MR) is 66.6 cm³/mol. The Hall–Kier alpha value is -0.640. The van der Waals surface area contributed by atoms with Gasteiger partial charge in [-0.3, -0.25) is 0 Å². The first-order valence-electron chi connectivity index (χ1n) is 6.03. The monoisotopic (exact) mass is 257 g/mol. The number of aliphatic hydroxyl groups is 1. The molecule has 94 valence electrons. The predicted octanol–water partition coefficient (Wildman–Crippen LogP) is 3.04. The van der Waals surface area contributed by atoms with E-state index in [-0.39, 0.29) is 17.7 Å². The summed E-state index contributed by atoms with van der Waals surface area (Å²) in [6.45, 7) is -0.117. The van der Waals surface area contributed by atoms with Crippen molar-refractivity contribution in [2.75, 3.05) is 6.61 Å². The van der Waals surface area contributed by atoms with E-state index in [1.165, 1.54) is 18.9 Å². The van der Waals surface area contributed by atoms with E-state index in [4.69, 9.17) is 11.6 Å². The molecular formula is C13H17ClFNO. The molecular weight excluding hydrogens is 241 g/mol. The number of hydrogen-bond donors (Lipinski definition) is 2. The molecule has 1 aromatic carbocycles. The van der Waals surface area contributed by atoms with Crippen LogP contribution in [0.25, 0.3) is 0 Å². The van der Waals surface area contributed by atoms with Crippen molar-refractivity contribution in [2.45, 2.75) is 37.8 Å². The minimum Gasteiger partial charge on any atom is -0.394 e. The summed E-state index contributed by atoms with van der Waals surface area (Å²) in [5.74, 6) is -0.432. The molecule has 17 heavy (non-hydrogen) atoms. The summed E-state index contributed by atoms with van der Waals surface area (Å²) in [4.78, 5) is 0. The van der Waals surface area contributed by atoms with Crippen LogP contribution in [0, 0.1) is 5.82 Å². The maximum Gasteiger partial charge on any atom is 0.146 e. The summed E-state index contributed by atoms with van der Waals surface area (Å²) >= 11 is 5.75. The van der Waals surface area contributed by atoms with Gasteiger partial charge < -0.3 is 10.4 Å². The van der Waals surface area contributed by atoms with Gasteiger partial charge in [-0.15, -0.1) is 0 Å². The second kappa shape index (κ2) is 5.80. The summed E-state index contributed by atoms with van der Waals surface area (Å²) in [6.07, 6.45) is 4.60. The third-order valence-electron chi connectivity index (χ3n) is 3.33. The van der Waals surface area contributed by atoms with E-state index in [1.807, 2.05) is 0 Å². The van der Waals surface area contributed by atoms with E-state index in [1.54, 1.807) is 12.1 Å².